The van der Waals surface area contributed by atoms with Crippen LogP contribution in [0.3, 0.4) is 0 Å². The fourth-order valence-electron chi connectivity index (χ4n) is 4.52. The maximum absolute atomic E-state index is 13.6. The molecule has 1 aromatic carbocycles. The van der Waals surface area contributed by atoms with Gasteiger partial charge in [-0.2, -0.15) is 0 Å². The Morgan fingerprint density at radius 1 is 1.19 bits per heavy atom. The van der Waals surface area contributed by atoms with Crippen LogP contribution in [0.2, 0.25) is 0 Å². The third kappa shape index (κ3) is 6.96. The van der Waals surface area contributed by atoms with E-state index in [2.05, 4.69) is 10.2 Å². The van der Waals surface area contributed by atoms with Crippen molar-refractivity contribution in [2.75, 3.05) is 65.6 Å². The van der Waals surface area contributed by atoms with Gasteiger partial charge in [0.25, 0.3) is 0 Å². The molecule has 2 aromatic rings. The predicted octanol–water partition coefficient (Wildman–Crippen LogP) is 3.15. The number of thiophene rings is 1. The van der Waals surface area contributed by atoms with E-state index in [4.69, 9.17) is 9.47 Å². The standard InChI is InChI=1S/C26H35FN4O4S/c1-2-9-28-26(33)30(12-11-29-13-15-34-16-14-29)18-25(32)31-10-7-24-22(8-17-36-24)23(31)19-35-21-5-3-20(27)4-6-21/h3-6,8,17,23H,2,7,9-16,18-19H2,1H3,(H,28,33). The number of morpholine rings is 1. The van der Waals surface area contributed by atoms with Crippen molar-refractivity contribution in [1.82, 2.24) is 20.0 Å². The van der Waals surface area contributed by atoms with Crippen molar-refractivity contribution in [2.24, 2.45) is 0 Å². The van der Waals surface area contributed by atoms with Crippen LogP contribution in [0.15, 0.2) is 35.7 Å². The largest absolute Gasteiger partial charge is 0.491 e. The van der Waals surface area contributed by atoms with E-state index in [1.54, 1.807) is 28.4 Å². The van der Waals surface area contributed by atoms with Gasteiger partial charge in [-0.25, -0.2) is 9.18 Å². The van der Waals surface area contributed by atoms with Crippen molar-refractivity contribution in [2.45, 2.75) is 25.8 Å². The molecule has 0 saturated carbocycles. The molecule has 0 spiro atoms. The van der Waals surface area contributed by atoms with Crippen molar-refractivity contribution in [3.05, 3.63) is 52.0 Å². The van der Waals surface area contributed by atoms with E-state index < -0.39 is 0 Å². The smallest absolute Gasteiger partial charge is 0.317 e. The average molecular weight is 519 g/mol. The summed E-state index contributed by atoms with van der Waals surface area (Å²) in [5.74, 6) is 0.126. The highest BCUT2D eigenvalue weighted by atomic mass is 32.1. The third-order valence-corrected chi connectivity index (χ3v) is 7.56. The van der Waals surface area contributed by atoms with Crippen molar-refractivity contribution < 1.29 is 23.5 Å². The molecule has 10 heteroatoms. The van der Waals surface area contributed by atoms with Gasteiger partial charge in [-0.3, -0.25) is 9.69 Å². The molecule has 4 rings (SSSR count). The highest BCUT2D eigenvalue weighted by molar-refractivity contribution is 7.10. The normalized spacial score (nSPS) is 17.9. The number of nitrogens with zero attached hydrogens (tertiary/aromatic N) is 3. The fraction of sp³-hybridized carbons (Fsp3) is 0.538. The Balaban J connectivity index is 1.44. The number of urea groups is 1. The minimum Gasteiger partial charge on any atom is -0.491 e. The quantitative estimate of drug-likeness (QED) is 0.523. The zero-order chi connectivity index (χ0) is 25.3. The fourth-order valence-corrected chi connectivity index (χ4v) is 5.45. The van der Waals surface area contributed by atoms with Gasteiger partial charge in [-0.1, -0.05) is 6.92 Å². The molecule has 1 N–H and O–H groups in total. The lowest BCUT2D eigenvalue weighted by atomic mass is 10.0. The van der Waals surface area contributed by atoms with Crippen LogP contribution in [0.1, 0.15) is 29.8 Å². The summed E-state index contributed by atoms with van der Waals surface area (Å²) in [5, 5.41) is 4.96. The molecular formula is C26H35FN4O4S. The van der Waals surface area contributed by atoms with Gasteiger partial charge < -0.3 is 24.6 Å². The van der Waals surface area contributed by atoms with E-state index in [-0.39, 0.29) is 36.9 Å². The SMILES string of the molecule is CCCNC(=O)N(CCN1CCOCC1)CC(=O)N1CCc2sccc2C1COc1ccc(F)cc1. The topological polar surface area (TPSA) is 74.4 Å². The van der Waals surface area contributed by atoms with Crippen LogP contribution in [0.25, 0.3) is 0 Å². The lowest BCUT2D eigenvalue weighted by molar-refractivity contribution is -0.135. The Labute approximate surface area is 216 Å². The molecule has 0 bridgehead atoms. The molecule has 0 aliphatic carbocycles. The first-order chi connectivity index (χ1) is 17.5. The van der Waals surface area contributed by atoms with Gasteiger partial charge in [-0.05, 0) is 54.1 Å². The average Bonchev–Trinajstić information content (AvgIpc) is 3.39. The highest BCUT2D eigenvalue weighted by Gasteiger charge is 2.33. The third-order valence-electron chi connectivity index (χ3n) is 6.57. The first-order valence-electron chi connectivity index (χ1n) is 12.6. The summed E-state index contributed by atoms with van der Waals surface area (Å²) in [6.45, 7) is 7.60. The number of nitrogens with one attached hydrogen (secondary N) is 1. The maximum Gasteiger partial charge on any atom is 0.317 e. The van der Waals surface area contributed by atoms with Crippen molar-refractivity contribution in [3.63, 3.8) is 0 Å². The zero-order valence-corrected chi connectivity index (χ0v) is 21.6. The summed E-state index contributed by atoms with van der Waals surface area (Å²) < 4.78 is 24.7. The summed E-state index contributed by atoms with van der Waals surface area (Å²) in [7, 11) is 0. The van der Waals surface area contributed by atoms with E-state index >= 15 is 0 Å². The zero-order valence-electron chi connectivity index (χ0n) is 20.8. The minimum atomic E-state index is -0.324. The molecule has 2 aliphatic heterocycles. The van der Waals surface area contributed by atoms with Gasteiger partial charge in [0.1, 0.15) is 24.7 Å². The second-order valence-electron chi connectivity index (χ2n) is 9.02. The van der Waals surface area contributed by atoms with E-state index in [0.717, 1.165) is 31.5 Å². The molecule has 1 saturated heterocycles. The Hall–Kier alpha value is -2.69. The molecule has 2 aliphatic rings. The lowest BCUT2D eigenvalue weighted by Gasteiger charge is -2.37. The van der Waals surface area contributed by atoms with Gasteiger partial charge in [0.05, 0.1) is 19.3 Å². The monoisotopic (exact) mass is 518 g/mol. The second kappa shape index (κ2) is 13.0. The molecule has 8 nitrogen and oxygen atoms in total. The van der Waals surface area contributed by atoms with Crippen LogP contribution in [0, 0.1) is 5.82 Å². The number of halogens is 1. The molecular weight excluding hydrogens is 483 g/mol. The van der Waals surface area contributed by atoms with E-state index in [0.29, 0.717) is 45.1 Å². The number of benzene rings is 1. The molecule has 36 heavy (non-hydrogen) atoms. The molecule has 1 atom stereocenters. The number of carbonyl (C=O) groups is 2. The van der Waals surface area contributed by atoms with E-state index in [1.165, 1.54) is 17.0 Å². The number of fused-ring (bicyclic) bond motifs is 1. The van der Waals surface area contributed by atoms with Crippen LogP contribution in [-0.2, 0) is 16.0 Å². The van der Waals surface area contributed by atoms with Gasteiger partial charge in [0.2, 0.25) is 5.91 Å². The number of hydrogen-bond acceptors (Lipinski definition) is 6. The maximum atomic E-state index is 13.6. The summed E-state index contributed by atoms with van der Waals surface area (Å²) in [6, 6.07) is 7.45. The first kappa shape index (κ1) is 26.4. The van der Waals surface area contributed by atoms with Gasteiger partial charge in [0.15, 0.2) is 0 Å². The Bertz CT molecular complexity index is 996. The molecule has 1 fully saturated rings. The van der Waals surface area contributed by atoms with Crippen molar-refractivity contribution in [3.8, 4) is 5.75 Å². The number of carbonyl (C=O) groups excluding carboxylic acids is 2. The molecule has 0 radical (unpaired) electrons. The van der Waals surface area contributed by atoms with Gasteiger partial charge >= 0.3 is 6.03 Å². The summed E-state index contributed by atoms with van der Waals surface area (Å²) in [4.78, 5) is 33.5. The van der Waals surface area contributed by atoms with Crippen LogP contribution < -0.4 is 10.1 Å². The minimum absolute atomic E-state index is 0.00636. The molecule has 196 valence electrons. The van der Waals surface area contributed by atoms with Crippen molar-refractivity contribution in [1.29, 1.82) is 0 Å². The molecule has 3 heterocycles. The number of hydrogen-bond donors (Lipinski definition) is 1. The predicted molar refractivity (Wildman–Crippen MR) is 137 cm³/mol. The summed E-state index contributed by atoms with van der Waals surface area (Å²) in [6.07, 6.45) is 1.61. The number of amides is 3. The van der Waals surface area contributed by atoms with Crippen LogP contribution in [-0.4, -0.2) is 92.3 Å². The second-order valence-corrected chi connectivity index (χ2v) is 10.0. The molecule has 3 amide bonds. The van der Waals surface area contributed by atoms with Gasteiger partial charge in [0, 0.05) is 44.1 Å². The van der Waals surface area contributed by atoms with Crippen LogP contribution >= 0.6 is 11.3 Å². The Kier molecular flexibility index (Phi) is 9.54. The summed E-state index contributed by atoms with van der Waals surface area (Å²) in [5.41, 5.74) is 1.08. The molecule has 1 aromatic heterocycles. The highest BCUT2D eigenvalue weighted by Crippen LogP contribution is 2.34. The molecule has 1 unspecified atom stereocenters. The Morgan fingerprint density at radius 2 is 1.97 bits per heavy atom. The van der Waals surface area contributed by atoms with Crippen LogP contribution in [0.4, 0.5) is 9.18 Å². The van der Waals surface area contributed by atoms with E-state index in [9.17, 15) is 14.0 Å². The number of ether oxygens (including phenoxy) is 2. The first-order valence-corrected chi connectivity index (χ1v) is 13.5. The van der Waals surface area contributed by atoms with E-state index in [1.807, 2.05) is 23.3 Å². The summed E-state index contributed by atoms with van der Waals surface area (Å²) >= 11 is 1.68. The van der Waals surface area contributed by atoms with Gasteiger partial charge in [-0.15, -0.1) is 11.3 Å². The van der Waals surface area contributed by atoms with Crippen molar-refractivity contribution >= 4 is 23.3 Å². The lowest BCUT2D eigenvalue weighted by Crippen LogP contribution is -2.52. The Morgan fingerprint density at radius 3 is 2.72 bits per heavy atom. The van der Waals surface area contributed by atoms with Crippen LogP contribution in [0.5, 0.6) is 5.75 Å². The number of rotatable bonds is 10.